The lowest BCUT2D eigenvalue weighted by atomic mass is 9.96. The molecule has 24 heavy (non-hydrogen) atoms. The second-order valence-electron chi connectivity index (χ2n) is 6.20. The Bertz CT molecular complexity index is 531. The molecular weight excluding hydrogens is 292 g/mol. The fourth-order valence-corrected chi connectivity index (χ4v) is 2.25. The van der Waals surface area contributed by atoms with Crippen molar-refractivity contribution in [1.82, 2.24) is 0 Å². The van der Waals surface area contributed by atoms with Crippen LogP contribution < -0.4 is 0 Å². The quantitative estimate of drug-likeness (QED) is 0.443. The molecule has 0 aliphatic carbocycles. The van der Waals surface area contributed by atoms with Crippen LogP contribution in [0.2, 0.25) is 0 Å². The fourth-order valence-electron chi connectivity index (χ4n) is 2.25. The van der Waals surface area contributed by atoms with Gasteiger partial charge in [0, 0.05) is 0 Å². The SMILES string of the molecule is C=C/C=C(\C(O)=C/C)C(C)C.CC.Cc1ccc(C)c(C(C)C)c1. The third kappa shape index (κ3) is 9.39. The average Bonchev–Trinajstić information content (AvgIpc) is 2.56. The number of rotatable bonds is 4. The Labute approximate surface area is 150 Å². The number of aryl methyl sites for hydroxylation is 2. The number of hydrogen-bond acceptors (Lipinski definition) is 1. The molecule has 0 unspecified atom stereocenters. The van der Waals surface area contributed by atoms with Crippen LogP contribution in [-0.2, 0) is 0 Å². The molecule has 0 radical (unpaired) electrons. The van der Waals surface area contributed by atoms with Crippen LogP contribution >= 0.6 is 0 Å². The van der Waals surface area contributed by atoms with E-state index < -0.39 is 0 Å². The summed E-state index contributed by atoms with van der Waals surface area (Å²) in [6, 6.07) is 6.64. The van der Waals surface area contributed by atoms with Gasteiger partial charge in [-0.15, -0.1) is 0 Å². The Kier molecular flexibility index (Phi) is 13.9. The summed E-state index contributed by atoms with van der Waals surface area (Å²) < 4.78 is 0. The summed E-state index contributed by atoms with van der Waals surface area (Å²) >= 11 is 0. The zero-order valence-corrected chi connectivity index (χ0v) is 17.3. The van der Waals surface area contributed by atoms with Crippen LogP contribution in [-0.4, -0.2) is 5.11 Å². The molecule has 0 fully saturated rings. The summed E-state index contributed by atoms with van der Waals surface area (Å²) in [5.41, 5.74) is 5.18. The molecule has 1 nitrogen and oxygen atoms in total. The Morgan fingerprint density at radius 2 is 1.62 bits per heavy atom. The maximum atomic E-state index is 9.36. The molecule has 1 aromatic rings. The minimum atomic E-state index is 0.337. The van der Waals surface area contributed by atoms with Crippen molar-refractivity contribution in [3.8, 4) is 0 Å². The van der Waals surface area contributed by atoms with Crippen molar-refractivity contribution >= 4 is 0 Å². The highest BCUT2D eigenvalue weighted by Gasteiger charge is 2.05. The van der Waals surface area contributed by atoms with Gasteiger partial charge >= 0.3 is 0 Å². The summed E-state index contributed by atoms with van der Waals surface area (Å²) in [5.74, 6) is 1.33. The van der Waals surface area contributed by atoms with Gasteiger partial charge in [-0.1, -0.05) is 84.0 Å². The predicted octanol–water partition coefficient (Wildman–Crippen LogP) is 7.67. The van der Waals surface area contributed by atoms with E-state index in [4.69, 9.17) is 0 Å². The molecule has 0 bridgehead atoms. The third-order valence-electron chi connectivity index (χ3n) is 3.55. The van der Waals surface area contributed by atoms with Crippen molar-refractivity contribution in [3.05, 3.63) is 71.0 Å². The molecule has 0 aromatic heterocycles. The standard InChI is InChI=1S/C11H16.C10H16O.C2H6/c1-8(2)11-7-9(3)5-6-10(11)4;1-5-7-9(8(3)4)10(11)6-2;1-2/h5-8H,1-4H3;5-8,11H,1H2,2-4H3;1-2H3/b;9-7-,10-6+;. The number of allylic oxidation sites excluding steroid dienone is 4. The van der Waals surface area contributed by atoms with Gasteiger partial charge in [-0.3, -0.25) is 0 Å². The van der Waals surface area contributed by atoms with Gasteiger partial charge in [-0.2, -0.15) is 0 Å². The van der Waals surface area contributed by atoms with E-state index in [1.54, 1.807) is 12.2 Å². The van der Waals surface area contributed by atoms with Gasteiger partial charge in [-0.25, -0.2) is 0 Å². The van der Waals surface area contributed by atoms with Crippen molar-refractivity contribution in [2.75, 3.05) is 0 Å². The van der Waals surface area contributed by atoms with Gasteiger partial charge < -0.3 is 5.11 Å². The van der Waals surface area contributed by atoms with E-state index in [0.29, 0.717) is 17.6 Å². The molecule has 1 heteroatoms. The van der Waals surface area contributed by atoms with E-state index >= 15 is 0 Å². The van der Waals surface area contributed by atoms with Crippen molar-refractivity contribution < 1.29 is 5.11 Å². The first kappa shape index (κ1) is 24.5. The molecule has 1 aromatic carbocycles. The first-order valence-corrected chi connectivity index (χ1v) is 8.99. The highest BCUT2D eigenvalue weighted by Crippen LogP contribution is 2.19. The zero-order chi connectivity index (χ0) is 19.3. The van der Waals surface area contributed by atoms with Gasteiger partial charge in [0.1, 0.15) is 5.76 Å². The molecule has 0 saturated carbocycles. The number of benzene rings is 1. The van der Waals surface area contributed by atoms with Gasteiger partial charge in [-0.05, 0) is 55.4 Å². The first-order valence-electron chi connectivity index (χ1n) is 8.99. The minimum absolute atomic E-state index is 0.337. The molecule has 0 aliphatic heterocycles. The second-order valence-corrected chi connectivity index (χ2v) is 6.20. The predicted molar refractivity (Wildman–Crippen MR) is 111 cm³/mol. The smallest absolute Gasteiger partial charge is 0.114 e. The van der Waals surface area contributed by atoms with Gasteiger partial charge in [0.15, 0.2) is 0 Å². The van der Waals surface area contributed by atoms with Gasteiger partial charge in [0.25, 0.3) is 0 Å². The van der Waals surface area contributed by atoms with Gasteiger partial charge in [0.05, 0.1) is 0 Å². The van der Waals surface area contributed by atoms with Crippen LogP contribution in [0.15, 0.2) is 54.3 Å². The lowest BCUT2D eigenvalue weighted by Crippen LogP contribution is -1.96. The normalized spacial score (nSPS) is 11.5. The van der Waals surface area contributed by atoms with E-state index in [-0.39, 0.29) is 0 Å². The topological polar surface area (TPSA) is 20.2 Å². The zero-order valence-electron chi connectivity index (χ0n) is 17.3. The number of aliphatic hydroxyl groups excluding tert-OH is 1. The summed E-state index contributed by atoms with van der Waals surface area (Å²) in [6.07, 6.45) is 5.21. The lowest BCUT2D eigenvalue weighted by molar-refractivity contribution is 0.409. The van der Waals surface area contributed by atoms with E-state index in [9.17, 15) is 5.11 Å². The van der Waals surface area contributed by atoms with Crippen molar-refractivity contribution in [2.24, 2.45) is 5.92 Å². The van der Waals surface area contributed by atoms with Crippen LogP contribution in [0.1, 0.15) is 71.1 Å². The number of hydrogen-bond donors (Lipinski definition) is 1. The molecule has 0 spiro atoms. The molecule has 0 saturated heterocycles. The number of aliphatic hydroxyl groups is 1. The Morgan fingerprint density at radius 3 is 1.96 bits per heavy atom. The van der Waals surface area contributed by atoms with E-state index in [1.807, 2.05) is 40.7 Å². The van der Waals surface area contributed by atoms with E-state index in [0.717, 1.165) is 5.57 Å². The van der Waals surface area contributed by atoms with Crippen LogP contribution in [0, 0.1) is 19.8 Å². The maximum Gasteiger partial charge on any atom is 0.114 e. The Balaban J connectivity index is 0. The van der Waals surface area contributed by atoms with Crippen molar-refractivity contribution in [3.63, 3.8) is 0 Å². The molecular formula is C23H38O. The first-order chi connectivity index (χ1) is 11.2. The van der Waals surface area contributed by atoms with Crippen molar-refractivity contribution in [2.45, 2.75) is 68.2 Å². The summed E-state index contributed by atoms with van der Waals surface area (Å²) in [5, 5.41) is 9.36. The highest BCUT2D eigenvalue weighted by molar-refractivity contribution is 5.32. The molecule has 0 aliphatic rings. The average molecular weight is 331 g/mol. The Morgan fingerprint density at radius 1 is 1.08 bits per heavy atom. The summed E-state index contributed by atoms with van der Waals surface area (Å²) in [7, 11) is 0. The van der Waals surface area contributed by atoms with Gasteiger partial charge in [0.2, 0.25) is 0 Å². The fraction of sp³-hybridized carbons (Fsp3) is 0.478. The largest absolute Gasteiger partial charge is 0.508 e. The van der Waals surface area contributed by atoms with Crippen LogP contribution in [0.5, 0.6) is 0 Å². The highest BCUT2D eigenvalue weighted by atomic mass is 16.3. The van der Waals surface area contributed by atoms with Crippen LogP contribution in [0.4, 0.5) is 0 Å². The van der Waals surface area contributed by atoms with Crippen LogP contribution in [0.3, 0.4) is 0 Å². The second kappa shape index (κ2) is 13.7. The Hall–Kier alpha value is -1.76. The van der Waals surface area contributed by atoms with E-state index in [1.165, 1.54) is 16.7 Å². The summed E-state index contributed by atoms with van der Waals surface area (Å²) in [6.45, 7) is 22.3. The third-order valence-corrected chi connectivity index (χ3v) is 3.55. The van der Waals surface area contributed by atoms with Crippen molar-refractivity contribution in [1.29, 1.82) is 0 Å². The molecule has 0 amide bonds. The molecule has 1 N–H and O–H groups in total. The summed E-state index contributed by atoms with van der Waals surface area (Å²) in [4.78, 5) is 0. The molecule has 0 heterocycles. The molecule has 0 atom stereocenters. The maximum absolute atomic E-state index is 9.36. The minimum Gasteiger partial charge on any atom is -0.508 e. The van der Waals surface area contributed by atoms with Crippen LogP contribution in [0.25, 0.3) is 0 Å². The monoisotopic (exact) mass is 330 g/mol. The molecule has 1 rings (SSSR count). The molecule has 136 valence electrons. The lowest BCUT2D eigenvalue weighted by Gasteiger charge is -2.09. The van der Waals surface area contributed by atoms with E-state index in [2.05, 4.69) is 52.5 Å².